The number of aromatic nitrogens is 3. The van der Waals surface area contributed by atoms with Crippen molar-refractivity contribution in [1.29, 1.82) is 0 Å². The quantitative estimate of drug-likeness (QED) is 0.503. The highest BCUT2D eigenvalue weighted by atomic mass is 79.9. The Morgan fingerprint density at radius 1 is 1.30 bits per heavy atom. The molecule has 0 saturated carbocycles. The van der Waals surface area contributed by atoms with Gasteiger partial charge < -0.3 is 15.8 Å². The van der Waals surface area contributed by atoms with Gasteiger partial charge in [0.15, 0.2) is 0 Å². The molecule has 2 rings (SSSR count). The molecule has 0 radical (unpaired) electrons. The van der Waals surface area contributed by atoms with Crippen LogP contribution in [0.2, 0.25) is 0 Å². The number of nitrogen functional groups attached to an aromatic ring is 1. The van der Waals surface area contributed by atoms with E-state index in [4.69, 9.17) is 5.73 Å². The van der Waals surface area contributed by atoms with E-state index >= 15 is 0 Å². The second-order valence-corrected chi connectivity index (χ2v) is 4.45. The third kappa shape index (κ3) is 2.71. The molecule has 0 amide bonds. The maximum Gasteiger partial charge on any atom is 0.492 e. The molecular formula is C9H7BrN6O4. The second kappa shape index (κ2) is 5.21. The summed E-state index contributed by atoms with van der Waals surface area (Å²) in [5.41, 5.74) is 6.33. The first-order valence-corrected chi connectivity index (χ1v) is 5.95. The van der Waals surface area contributed by atoms with Gasteiger partial charge in [0, 0.05) is 44.4 Å². The number of nitrogens with two attached hydrogens (primary N) is 1. The molecule has 0 spiro atoms. The van der Waals surface area contributed by atoms with Crippen molar-refractivity contribution in [3.8, 4) is 0 Å². The van der Waals surface area contributed by atoms with Gasteiger partial charge in [0.25, 0.3) is 10.4 Å². The number of hydrogen-bond acceptors (Lipinski definition) is 7. The summed E-state index contributed by atoms with van der Waals surface area (Å²) in [7, 11) is 0. The van der Waals surface area contributed by atoms with Crippen LogP contribution < -0.4 is 5.73 Å². The Bertz CT molecular complexity index is 700. The summed E-state index contributed by atoms with van der Waals surface area (Å²) in [5.74, 6) is -0.569. The van der Waals surface area contributed by atoms with Gasteiger partial charge in [-0.2, -0.15) is 4.68 Å². The molecule has 0 aliphatic heterocycles. The summed E-state index contributed by atoms with van der Waals surface area (Å²) in [5, 5.41) is 24.9. The average Bonchev–Trinajstić information content (AvgIpc) is 2.73. The van der Waals surface area contributed by atoms with Gasteiger partial charge in [-0.1, -0.05) is 0 Å². The van der Waals surface area contributed by atoms with Crippen LogP contribution >= 0.6 is 15.9 Å². The summed E-state index contributed by atoms with van der Waals surface area (Å²) in [6, 6.07) is 3.96. The third-order valence-electron chi connectivity index (χ3n) is 2.44. The van der Waals surface area contributed by atoms with Gasteiger partial charge in [-0.05, 0) is 16.0 Å². The molecule has 1 aromatic carbocycles. The van der Waals surface area contributed by atoms with E-state index in [0.717, 1.165) is 0 Å². The first kappa shape index (κ1) is 13.9. The highest BCUT2D eigenvalue weighted by Gasteiger charge is 2.20. The normalized spacial score (nSPS) is 10.4. The molecule has 10 nitrogen and oxygen atoms in total. The minimum absolute atomic E-state index is 0.0228. The fourth-order valence-electron chi connectivity index (χ4n) is 1.49. The van der Waals surface area contributed by atoms with Gasteiger partial charge in [0.2, 0.25) is 0 Å². The molecule has 0 atom stereocenters. The maximum atomic E-state index is 10.7. The summed E-state index contributed by atoms with van der Waals surface area (Å²) >= 11 is 3.03. The smallest absolute Gasteiger partial charge is 0.398 e. The fraction of sp³-hybridized carbons (Fsp3) is 0.111. The van der Waals surface area contributed by atoms with Crippen LogP contribution in [0.3, 0.4) is 0 Å². The van der Waals surface area contributed by atoms with E-state index in [1.54, 1.807) is 0 Å². The number of nitrogens with zero attached hydrogens (tertiary/aromatic N) is 5. The van der Waals surface area contributed by atoms with Crippen molar-refractivity contribution in [2.75, 3.05) is 5.73 Å². The van der Waals surface area contributed by atoms with Crippen LogP contribution in [0.25, 0.3) is 0 Å². The molecule has 0 fully saturated rings. The number of nitro benzene ring substituents is 1. The van der Waals surface area contributed by atoms with Crippen molar-refractivity contribution < 1.29 is 9.85 Å². The van der Waals surface area contributed by atoms with Crippen molar-refractivity contribution in [3.05, 3.63) is 48.7 Å². The Hall–Kier alpha value is -2.56. The lowest BCUT2D eigenvalue weighted by atomic mass is 10.1. The lowest BCUT2D eigenvalue weighted by molar-refractivity contribution is -0.394. The van der Waals surface area contributed by atoms with E-state index in [2.05, 4.69) is 26.0 Å². The molecule has 0 bridgehead atoms. The minimum atomic E-state index is -0.738. The van der Waals surface area contributed by atoms with Crippen LogP contribution in [0, 0.1) is 20.2 Å². The first-order valence-electron chi connectivity index (χ1n) is 5.16. The molecule has 20 heavy (non-hydrogen) atoms. The molecule has 0 aliphatic carbocycles. The Morgan fingerprint density at radius 3 is 2.55 bits per heavy atom. The zero-order valence-electron chi connectivity index (χ0n) is 9.76. The molecule has 104 valence electrons. The zero-order chi connectivity index (χ0) is 14.9. The van der Waals surface area contributed by atoms with Crippen molar-refractivity contribution in [2.45, 2.75) is 6.54 Å². The van der Waals surface area contributed by atoms with Crippen LogP contribution in [-0.2, 0) is 6.54 Å². The number of nitro groups is 2. The van der Waals surface area contributed by atoms with Crippen LogP contribution in [0.5, 0.6) is 0 Å². The number of benzene rings is 1. The molecule has 0 saturated heterocycles. The third-order valence-corrected chi connectivity index (χ3v) is 3.02. The van der Waals surface area contributed by atoms with Gasteiger partial charge in [0.1, 0.15) is 0 Å². The number of non-ortho nitro benzene ring substituents is 1. The standard InChI is InChI=1S/C9H7BrN6O4/c10-8-12-9(16(19)20)13-14(8)4-5-3-6(15(17)18)1-2-7(5)11/h1-3H,4,11H2. The number of anilines is 1. The summed E-state index contributed by atoms with van der Waals surface area (Å²) in [4.78, 5) is 23.6. The van der Waals surface area contributed by atoms with E-state index in [9.17, 15) is 20.2 Å². The van der Waals surface area contributed by atoms with Crippen molar-refractivity contribution in [1.82, 2.24) is 14.8 Å². The van der Waals surface area contributed by atoms with Crippen LogP contribution in [0.1, 0.15) is 5.56 Å². The lowest BCUT2D eigenvalue weighted by Gasteiger charge is -2.03. The summed E-state index contributed by atoms with van der Waals surface area (Å²) in [6.07, 6.45) is 0. The predicted molar refractivity (Wildman–Crippen MR) is 71.0 cm³/mol. The number of halogens is 1. The van der Waals surface area contributed by atoms with Crippen molar-refractivity contribution in [2.24, 2.45) is 0 Å². The second-order valence-electron chi connectivity index (χ2n) is 3.74. The Morgan fingerprint density at radius 2 is 2.00 bits per heavy atom. The lowest BCUT2D eigenvalue weighted by Crippen LogP contribution is -2.06. The predicted octanol–water partition coefficient (Wildman–Crippen LogP) is 1.49. The van der Waals surface area contributed by atoms with Gasteiger partial charge in [-0.15, -0.1) is 0 Å². The van der Waals surface area contributed by atoms with Crippen LogP contribution in [-0.4, -0.2) is 24.6 Å². The molecule has 1 heterocycles. The molecule has 1 aromatic heterocycles. The SMILES string of the molecule is Nc1ccc([N+](=O)[O-])cc1Cn1nc([N+](=O)[O-])nc1Br. The molecule has 2 N–H and O–H groups in total. The molecule has 0 unspecified atom stereocenters. The van der Waals surface area contributed by atoms with Crippen LogP contribution in [0.4, 0.5) is 17.3 Å². The molecular weight excluding hydrogens is 336 g/mol. The minimum Gasteiger partial charge on any atom is -0.398 e. The largest absolute Gasteiger partial charge is 0.492 e. The summed E-state index contributed by atoms with van der Waals surface area (Å²) in [6.45, 7) is 0.0228. The van der Waals surface area contributed by atoms with E-state index in [1.807, 2.05) is 0 Å². The Labute approximate surface area is 119 Å². The van der Waals surface area contributed by atoms with Crippen molar-refractivity contribution >= 4 is 33.3 Å². The number of rotatable bonds is 4. The monoisotopic (exact) mass is 342 g/mol. The molecule has 0 aliphatic rings. The molecule has 11 heteroatoms. The topological polar surface area (TPSA) is 143 Å². The fourth-order valence-corrected chi connectivity index (χ4v) is 1.86. The van der Waals surface area contributed by atoms with E-state index in [1.165, 1.54) is 22.9 Å². The molecule has 2 aromatic rings. The maximum absolute atomic E-state index is 10.7. The zero-order valence-corrected chi connectivity index (χ0v) is 11.3. The van der Waals surface area contributed by atoms with Gasteiger partial charge in [-0.3, -0.25) is 10.1 Å². The highest BCUT2D eigenvalue weighted by Crippen LogP contribution is 2.22. The van der Waals surface area contributed by atoms with Crippen molar-refractivity contribution in [3.63, 3.8) is 0 Å². The Balaban J connectivity index is 2.36. The van der Waals surface area contributed by atoms with E-state index in [-0.39, 0.29) is 17.0 Å². The Kier molecular flexibility index (Phi) is 3.61. The van der Waals surface area contributed by atoms with Gasteiger partial charge in [-0.25, -0.2) is 0 Å². The van der Waals surface area contributed by atoms with E-state index in [0.29, 0.717) is 11.3 Å². The first-order chi connectivity index (χ1) is 9.38. The average molecular weight is 343 g/mol. The van der Waals surface area contributed by atoms with E-state index < -0.39 is 15.8 Å². The van der Waals surface area contributed by atoms with Crippen LogP contribution in [0.15, 0.2) is 22.9 Å². The number of hydrogen-bond donors (Lipinski definition) is 1. The van der Waals surface area contributed by atoms with Gasteiger partial charge >= 0.3 is 5.95 Å². The van der Waals surface area contributed by atoms with Gasteiger partial charge in [0.05, 0.1) is 11.5 Å². The highest BCUT2D eigenvalue weighted by molar-refractivity contribution is 9.10. The summed E-state index contributed by atoms with van der Waals surface area (Å²) < 4.78 is 1.32.